The van der Waals surface area contributed by atoms with Gasteiger partial charge in [0.2, 0.25) is 0 Å². The van der Waals surface area contributed by atoms with Crippen LogP contribution in [0, 0.1) is 0 Å². The highest BCUT2D eigenvalue weighted by atomic mass is 16.5. The molecule has 0 spiro atoms. The van der Waals surface area contributed by atoms with Crippen LogP contribution in [0.3, 0.4) is 0 Å². The summed E-state index contributed by atoms with van der Waals surface area (Å²) in [6.07, 6.45) is 4.14. The lowest BCUT2D eigenvalue weighted by molar-refractivity contribution is 0.101. The molecule has 0 saturated carbocycles. The fourth-order valence-electron chi connectivity index (χ4n) is 2.28. The summed E-state index contributed by atoms with van der Waals surface area (Å²) in [5.74, 6) is 0.734. The summed E-state index contributed by atoms with van der Waals surface area (Å²) in [6, 6.07) is 9.66. The summed E-state index contributed by atoms with van der Waals surface area (Å²) in [6.45, 7) is 6.30. The van der Waals surface area contributed by atoms with Crippen molar-refractivity contribution in [2.45, 2.75) is 46.3 Å². The predicted molar refractivity (Wildman–Crippen MR) is 82.6 cm³/mol. The van der Waals surface area contributed by atoms with Crippen molar-refractivity contribution in [3.05, 3.63) is 47.8 Å². The standard InChI is InChI=1S/C17H22N2O2/c1-4-16(5-2)19-10-9-15(18-19)12-21-17-8-6-7-14(11-17)13(3)20/h6-11,16H,4-5,12H2,1-3H3. The minimum absolute atomic E-state index is 0.0402. The fraction of sp³-hybridized carbons (Fsp3) is 0.412. The van der Waals surface area contributed by atoms with E-state index in [4.69, 9.17) is 4.74 Å². The van der Waals surface area contributed by atoms with Crippen LogP contribution in [-0.4, -0.2) is 15.6 Å². The maximum absolute atomic E-state index is 11.3. The second kappa shape index (κ2) is 7.07. The van der Waals surface area contributed by atoms with Crippen molar-refractivity contribution in [2.24, 2.45) is 0 Å². The van der Waals surface area contributed by atoms with E-state index in [-0.39, 0.29) is 5.78 Å². The van der Waals surface area contributed by atoms with E-state index in [1.165, 1.54) is 0 Å². The molecule has 1 aromatic carbocycles. The van der Waals surface area contributed by atoms with Crippen molar-refractivity contribution in [1.29, 1.82) is 0 Å². The maximum atomic E-state index is 11.3. The van der Waals surface area contributed by atoms with Crippen LogP contribution in [0.1, 0.15) is 55.7 Å². The van der Waals surface area contributed by atoms with Crippen LogP contribution in [0.2, 0.25) is 0 Å². The molecule has 0 aliphatic carbocycles. The van der Waals surface area contributed by atoms with Gasteiger partial charge in [-0.2, -0.15) is 5.10 Å². The molecular formula is C17H22N2O2. The summed E-state index contributed by atoms with van der Waals surface area (Å²) >= 11 is 0. The molecule has 0 bridgehead atoms. The molecule has 0 amide bonds. The number of nitrogens with zero attached hydrogens (tertiary/aromatic N) is 2. The van der Waals surface area contributed by atoms with Crippen molar-refractivity contribution in [3.63, 3.8) is 0 Å². The van der Waals surface area contributed by atoms with Gasteiger partial charge in [-0.1, -0.05) is 26.0 Å². The second-order valence-corrected chi connectivity index (χ2v) is 5.13. The van der Waals surface area contributed by atoms with Crippen molar-refractivity contribution in [2.75, 3.05) is 0 Å². The third kappa shape index (κ3) is 3.94. The Kier molecular flexibility index (Phi) is 5.14. The van der Waals surface area contributed by atoms with Crippen molar-refractivity contribution in [3.8, 4) is 5.75 Å². The Morgan fingerprint density at radius 1 is 1.29 bits per heavy atom. The number of benzene rings is 1. The normalized spacial score (nSPS) is 10.9. The summed E-state index contributed by atoms with van der Waals surface area (Å²) in [7, 11) is 0. The Bertz CT molecular complexity index is 600. The van der Waals surface area contributed by atoms with E-state index in [0.717, 1.165) is 18.5 Å². The van der Waals surface area contributed by atoms with Crippen LogP contribution < -0.4 is 4.74 Å². The molecule has 0 aliphatic rings. The first-order valence-corrected chi connectivity index (χ1v) is 7.41. The zero-order chi connectivity index (χ0) is 15.2. The number of hydrogen-bond acceptors (Lipinski definition) is 3. The van der Waals surface area contributed by atoms with Crippen LogP contribution in [0.25, 0.3) is 0 Å². The molecule has 0 unspecified atom stereocenters. The number of ether oxygens (including phenoxy) is 1. The Morgan fingerprint density at radius 3 is 2.71 bits per heavy atom. The summed E-state index contributed by atoms with van der Waals surface area (Å²) in [4.78, 5) is 11.3. The summed E-state index contributed by atoms with van der Waals surface area (Å²) < 4.78 is 7.72. The fourth-order valence-corrected chi connectivity index (χ4v) is 2.28. The molecule has 4 nitrogen and oxygen atoms in total. The SMILES string of the molecule is CCC(CC)n1ccc(COc2cccc(C(C)=O)c2)n1. The highest BCUT2D eigenvalue weighted by molar-refractivity contribution is 5.94. The zero-order valence-electron chi connectivity index (χ0n) is 12.9. The number of carbonyl (C=O) groups excluding carboxylic acids is 1. The Hall–Kier alpha value is -2.10. The van der Waals surface area contributed by atoms with Gasteiger partial charge in [-0.15, -0.1) is 0 Å². The number of Topliss-reactive ketones (excluding diaryl/α,β-unsaturated/α-hetero) is 1. The highest BCUT2D eigenvalue weighted by Gasteiger charge is 2.08. The van der Waals surface area contributed by atoms with E-state index in [1.807, 2.05) is 29.1 Å². The van der Waals surface area contributed by atoms with E-state index >= 15 is 0 Å². The number of hydrogen-bond donors (Lipinski definition) is 0. The molecule has 4 heteroatoms. The molecule has 1 aromatic heterocycles. The molecule has 0 N–H and O–H groups in total. The van der Waals surface area contributed by atoms with Gasteiger partial charge >= 0.3 is 0 Å². The van der Waals surface area contributed by atoms with Crippen LogP contribution in [-0.2, 0) is 6.61 Å². The second-order valence-electron chi connectivity index (χ2n) is 5.13. The zero-order valence-corrected chi connectivity index (χ0v) is 12.9. The van der Waals surface area contributed by atoms with Gasteiger partial charge in [-0.25, -0.2) is 0 Å². The average Bonchev–Trinajstić information content (AvgIpc) is 2.95. The Labute approximate surface area is 125 Å². The molecule has 0 radical (unpaired) electrons. The number of ketones is 1. The molecular weight excluding hydrogens is 264 g/mol. The van der Waals surface area contributed by atoms with Gasteiger partial charge in [0.25, 0.3) is 0 Å². The lowest BCUT2D eigenvalue weighted by Gasteiger charge is -2.12. The largest absolute Gasteiger partial charge is 0.487 e. The molecule has 0 saturated heterocycles. The predicted octanol–water partition coefficient (Wildman–Crippen LogP) is 4.03. The first-order chi connectivity index (χ1) is 10.1. The van der Waals surface area contributed by atoms with Crippen LogP contribution in [0.5, 0.6) is 5.75 Å². The molecule has 2 aromatic rings. The van der Waals surface area contributed by atoms with E-state index < -0.39 is 0 Å². The lowest BCUT2D eigenvalue weighted by Crippen LogP contribution is -2.08. The van der Waals surface area contributed by atoms with Crippen LogP contribution in [0.4, 0.5) is 0 Å². The van der Waals surface area contributed by atoms with E-state index in [9.17, 15) is 4.79 Å². The van der Waals surface area contributed by atoms with Gasteiger partial charge in [-0.3, -0.25) is 9.48 Å². The third-order valence-electron chi connectivity index (χ3n) is 3.61. The van der Waals surface area contributed by atoms with Gasteiger partial charge in [0.05, 0.1) is 11.7 Å². The van der Waals surface area contributed by atoms with Crippen LogP contribution >= 0.6 is 0 Å². The van der Waals surface area contributed by atoms with Gasteiger partial charge in [0, 0.05) is 11.8 Å². The maximum Gasteiger partial charge on any atom is 0.159 e. The topological polar surface area (TPSA) is 44.1 Å². The van der Waals surface area contributed by atoms with E-state index in [2.05, 4.69) is 18.9 Å². The highest BCUT2D eigenvalue weighted by Crippen LogP contribution is 2.17. The smallest absolute Gasteiger partial charge is 0.159 e. The van der Waals surface area contributed by atoms with Crippen molar-refractivity contribution < 1.29 is 9.53 Å². The Balaban J connectivity index is 2.00. The minimum Gasteiger partial charge on any atom is -0.487 e. The molecule has 0 atom stereocenters. The van der Waals surface area contributed by atoms with Crippen molar-refractivity contribution in [1.82, 2.24) is 9.78 Å². The number of aromatic nitrogens is 2. The molecule has 21 heavy (non-hydrogen) atoms. The first-order valence-electron chi connectivity index (χ1n) is 7.41. The first kappa shape index (κ1) is 15.3. The molecule has 2 rings (SSSR count). The van der Waals surface area contributed by atoms with Crippen LogP contribution in [0.15, 0.2) is 36.5 Å². The van der Waals surface area contributed by atoms with E-state index in [0.29, 0.717) is 24.0 Å². The lowest BCUT2D eigenvalue weighted by atomic mass is 10.1. The monoisotopic (exact) mass is 286 g/mol. The van der Waals surface area contributed by atoms with Gasteiger partial charge < -0.3 is 4.74 Å². The van der Waals surface area contributed by atoms with Gasteiger partial charge in [0.15, 0.2) is 5.78 Å². The van der Waals surface area contributed by atoms with Gasteiger partial charge in [0.1, 0.15) is 12.4 Å². The molecule has 1 heterocycles. The number of carbonyl (C=O) groups is 1. The molecule has 0 aliphatic heterocycles. The van der Waals surface area contributed by atoms with Gasteiger partial charge in [-0.05, 0) is 38.0 Å². The third-order valence-corrected chi connectivity index (χ3v) is 3.61. The molecule has 112 valence electrons. The average molecular weight is 286 g/mol. The minimum atomic E-state index is 0.0402. The Morgan fingerprint density at radius 2 is 2.05 bits per heavy atom. The van der Waals surface area contributed by atoms with Crippen molar-refractivity contribution >= 4 is 5.78 Å². The quantitative estimate of drug-likeness (QED) is 0.722. The molecule has 0 fully saturated rings. The number of rotatable bonds is 7. The summed E-state index contributed by atoms with van der Waals surface area (Å²) in [5.41, 5.74) is 1.56. The summed E-state index contributed by atoms with van der Waals surface area (Å²) in [5, 5.41) is 4.55. The van der Waals surface area contributed by atoms with E-state index in [1.54, 1.807) is 19.1 Å².